The molecule has 2 rings (SSSR count). The largest absolute Gasteiger partial charge is 0.495 e. The molecule has 0 spiro atoms. The Kier molecular flexibility index (Phi) is 2.74. The molecule has 4 heteroatoms. The lowest BCUT2D eigenvalue weighted by atomic mass is 10.3. The van der Waals surface area contributed by atoms with Crippen molar-refractivity contribution in [3.05, 3.63) is 22.9 Å². The van der Waals surface area contributed by atoms with Crippen LogP contribution in [0.1, 0.15) is 0 Å². The Hall–Kier alpha value is -1.00. The van der Waals surface area contributed by atoms with Gasteiger partial charge < -0.3 is 9.47 Å². The van der Waals surface area contributed by atoms with Crippen molar-refractivity contribution in [2.24, 2.45) is 0 Å². The van der Waals surface area contributed by atoms with Crippen LogP contribution in [-0.4, -0.2) is 14.2 Å². The fourth-order valence-corrected chi connectivity index (χ4v) is 3.14. The highest BCUT2D eigenvalue weighted by atomic mass is 32.1. The highest BCUT2D eigenvalue weighted by Gasteiger charge is 2.13. The Morgan fingerprint density at radius 3 is 1.64 bits per heavy atom. The van der Waals surface area contributed by atoms with Gasteiger partial charge in [0.25, 0.3) is 0 Å². The predicted molar refractivity (Wildman–Crippen MR) is 60.7 cm³/mol. The third-order valence-electron chi connectivity index (χ3n) is 1.90. The van der Waals surface area contributed by atoms with E-state index in [2.05, 4.69) is 0 Å². The van der Waals surface area contributed by atoms with Gasteiger partial charge in [-0.3, -0.25) is 0 Å². The quantitative estimate of drug-likeness (QED) is 0.797. The van der Waals surface area contributed by atoms with E-state index in [1.807, 2.05) is 22.9 Å². The summed E-state index contributed by atoms with van der Waals surface area (Å²) in [7, 11) is 3.37. The minimum atomic E-state index is 0.913. The molecule has 0 fully saturated rings. The van der Waals surface area contributed by atoms with Crippen LogP contribution in [0.5, 0.6) is 11.5 Å². The summed E-state index contributed by atoms with van der Waals surface area (Å²) in [5, 5.41) is 4.04. The zero-order valence-electron chi connectivity index (χ0n) is 7.94. The lowest BCUT2D eigenvalue weighted by Crippen LogP contribution is -1.83. The molecule has 0 aliphatic heterocycles. The second-order valence-corrected chi connectivity index (χ2v) is 4.47. The summed E-state index contributed by atoms with van der Waals surface area (Å²) < 4.78 is 10.5. The molecule has 0 unspecified atom stereocenters. The Morgan fingerprint density at radius 1 is 0.857 bits per heavy atom. The fourth-order valence-electron chi connectivity index (χ4n) is 1.25. The van der Waals surface area contributed by atoms with Crippen molar-refractivity contribution < 1.29 is 9.47 Å². The van der Waals surface area contributed by atoms with E-state index in [0.29, 0.717) is 0 Å². The minimum absolute atomic E-state index is 0.913. The first kappa shape index (κ1) is 9.55. The second-order valence-electron chi connectivity index (χ2n) is 2.64. The molecule has 2 heterocycles. The van der Waals surface area contributed by atoms with Gasteiger partial charge in [0.05, 0.1) is 24.0 Å². The fraction of sp³-hybridized carbons (Fsp3) is 0.200. The van der Waals surface area contributed by atoms with E-state index < -0.39 is 0 Å². The van der Waals surface area contributed by atoms with Gasteiger partial charge >= 0.3 is 0 Å². The van der Waals surface area contributed by atoms with Gasteiger partial charge in [-0.1, -0.05) is 0 Å². The van der Waals surface area contributed by atoms with E-state index in [9.17, 15) is 0 Å². The summed E-state index contributed by atoms with van der Waals surface area (Å²) in [6, 6.07) is 3.94. The van der Waals surface area contributed by atoms with Crippen LogP contribution >= 0.6 is 22.7 Å². The first-order valence-corrected chi connectivity index (χ1v) is 5.86. The van der Waals surface area contributed by atoms with Gasteiger partial charge in [0.15, 0.2) is 0 Å². The Labute approximate surface area is 90.7 Å². The lowest BCUT2D eigenvalue weighted by Gasteiger charge is -2.02. The topological polar surface area (TPSA) is 18.5 Å². The maximum atomic E-state index is 5.27. The Bertz CT molecular complexity index is 377. The van der Waals surface area contributed by atoms with Gasteiger partial charge in [-0.25, -0.2) is 0 Å². The standard InChI is InChI=1S/C10H10O2S2/c1-11-7-3-5-13-9(7)10-8(12-2)4-6-14-10/h3-6H,1-2H3. The maximum Gasteiger partial charge on any atom is 0.138 e. The smallest absolute Gasteiger partial charge is 0.138 e. The van der Waals surface area contributed by atoms with Crippen LogP contribution in [0.3, 0.4) is 0 Å². The SMILES string of the molecule is COc1ccsc1-c1sccc1OC. The Morgan fingerprint density at radius 2 is 1.29 bits per heavy atom. The van der Waals surface area contributed by atoms with Gasteiger partial charge in [0.2, 0.25) is 0 Å². The zero-order chi connectivity index (χ0) is 9.97. The van der Waals surface area contributed by atoms with E-state index in [4.69, 9.17) is 9.47 Å². The van der Waals surface area contributed by atoms with E-state index in [1.54, 1.807) is 36.9 Å². The molecule has 0 radical (unpaired) electrons. The molecule has 0 aromatic carbocycles. The van der Waals surface area contributed by atoms with Crippen molar-refractivity contribution in [1.82, 2.24) is 0 Å². The highest BCUT2D eigenvalue weighted by molar-refractivity contribution is 7.21. The summed E-state index contributed by atoms with van der Waals surface area (Å²) in [4.78, 5) is 2.28. The van der Waals surface area contributed by atoms with Crippen LogP contribution < -0.4 is 9.47 Å². The van der Waals surface area contributed by atoms with Crippen LogP contribution in [0.25, 0.3) is 9.75 Å². The van der Waals surface area contributed by atoms with E-state index >= 15 is 0 Å². The molecule has 0 N–H and O–H groups in total. The average molecular weight is 226 g/mol. The second kappa shape index (κ2) is 4.02. The summed E-state index contributed by atoms with van der Waals surface area (Å²) in [6.45, 7) is 0. The van der Waals surface area contributed by atoms with Crippen molar-refractivity contribution in [1.29, 1.82) is 0 Å². The minimum Gasteiger partial charge on any atom is -0.495 e. The van der Waals surface area contributed by atoms with Crippen molar-refractivity contribution in [3.8, 4) is 21.3 Å². The highest BCUT2D eigenvalue weighted by Crippen LogP contribution is 2.43. The number of thiophene rings is 2. The van der Waals surface area contributed by atoms with Gasteiger partial charge in [0.1, 0.15) is 11.5 Å². The first-order chi connectivity index (χ1) is 6.86. The molecule has 2 nitrogen and oxygen atoms in total. The normalized spacial score (nSPS) is 10.1. The van der Waals surface area contributed by atoms with Crippen LogP contribution in [0.2, 0.25) is 0 Å². The molecule has 0 aliphatic rings. The lowest BCUT2D eigenvalue weighted by molar-refractivity contribution is 0.413. The number of hydrogen-bond donors (Lipinski definition) is 0. The summed E-state index contributed by atoms with van der Waals surface area (Å²) in [6.07, 6.45) is 0. The summed E-state index contributed by atoms with van der Waals surface area (Å²) >= 11 is 3.33. The van der Waals surface area contributed by atoms with Crippen molar-refractivity contribution in [2.75, 3.05) is 14.2 Å². The Balaban J connectivity index is 2.48. The molecule has 0 saturated heterocycles. The van der Waals surface area contributed by atoms with Crippen molar-refractivity contribution in [2.45, 2.75) is 0 Å². The first-order valence-electron chi connectivity index (χ1n) is 4.10. The molecular formula is C10H10O2S2. The summed E-state index contributed by atoms with van der Waals surface area (Å²) in [5.41, 5.74) is 0. The third-order valence-corrected chi connectivity index (χ3v) is 3.86. The van der Waals surface area contributed by atoms with Gasteiger partial charge in [-0.05, 0) is 22.9 Å². The third kappa shape index (κ3) is 1.51. The predicted octanol–water partition coefficient (Wildman–Crippen LogP) is 3.49. The van der Waals surface area contributed by atoms with Crippen molar-refractivity contribution >= 4 is 22.7 Å². The molecule has 14 heavy (non-hydrogen) atoms. The zero-order valence-corrected chi connectivity index (χ0v) is 9.58. The molecular weight excluding hydrogens is 216 g/mol. The molecule has 74 valence electrons. The van der Waals surface area contributed by atoms with E-state index in [1.165, 1.54) is 0 Å². The van der Waals surface area contributed by atoms with Gasteiger partial charge in [-0.15, -0.1) is 22.7 Å². The van der Waals surface area contributed by atoms with Crippen LogP contribution in [0, 0.1) is 0 Å². The summed E-state index contributed by atoms with van der Waals surface area (Å²) in [5.74, 6) is 1.83. The van der Waals surface area contributed by atoms with E-state index in [0.717, 1.165) is 21.3 Å². The molecule has 0 bridgehead atoms. The number of methoxy groups -OCH3 is 2. The molecule has 0 aliphatic carbocycles. The van der Waals surface area contributed by atoms with E-state index in [-0.39, 0.29) is 0 Å². The number of hydrogen-bond acceptors (Lipinski definition) is 4. The van der Waals surface area contributed by atoms with Crippen LogP contribution in [0.15, 0.2) is 22.9 Å². The van der Waals surface area contributed by atoms with Crippen LogP contribution in [-0.2, 0) is 0 Å². The molecule has 0 amide bonds. The monoisotopic (exact) mass is 226 g/mol. The van der Waals surface area contributed by atoms with Gasteiger partial charge in [-0.2, -0.15) is 0 Å². The average Bonchev–Trinajstić information content (AvgIpc) is 2.85. The van der Waals surface area contributed by atoms with Crippen molar-refractivity contribution in [3.63, 3.8) is 0 Å². The molecule has 0 atom stereocenters. The van der Waals surface area contributed by atoms with Gasteiger partial charge in [0, 0.05) is 0 Å². The molecule has 0 saturated carbocycles. The van der Waals surface area contributed by atoms with Crippen LogP contribution in [0.4, 0.5) is 0 Å². The number of rotatable bonds is 3. The number of ether oxygens (including phenoxy) is 2. The maximum absolute atomic E-state index is 5.27. The molecule has 2 aromatic rings. The molecule has 2 aromatic heterocycles.